The summed E-state index contributed by atoms with van der Waals surface area (Å²) in [5.74, 6) is 0.741. The molecule has 1 fully saturated rings. The molecule has 0 aliphatic carbocycles. The maximum atomic E-state index is 11.0. The Bertz CT molecular complexity index is 779. The van der Waals surface area contributed by atoms with E-state index in [2.05, 4.69) is 22.1 Å². The number of aliphatic hydroxyl groups is 1. The second-order valence-electron chi connectivity index (χ2n) is 7.69. The Morgan fingerprint density at radius 3 is 2.70 bits per heavy atom. The van der Waals surface area contributed by atoms with Gasteiger partial charge in [-0.3, -0.25) is 4.90 Å². The zero-order valence-electron chi connectivity index (χ0n) is 15.8. The highest BCUT2D eigenvalue weighted by Gasteiger charge is 2.35. The van der Waals surface area contributed by atoms with Crippen LogP contribution < -0.4 is 0 Å². The third-order valence-electron chi connectivity index (χ3n) is 5.58. The van der Waals surface area contributed by atoms with Crippen LogP contribution in [0.15, 0.2) is 46.1 Å². The number of aromatic nitrogens is 1. The van der Waals surface area contributed by atoms with Gasteiger partial charge >= 0.3 is 0 Å². The minimum atomic E-state index is -0.731. The summed E-state index contributed by atoms with van der Waals surface area (Å²) in [5, 5.41) is 19.3. The lowest BCUT2D eigenvalue weighted by Crippen LogP contribution is -2.47. The fraction of sp³-hybridized carbons (Fsp3) is 0.524. The monoisotopic (exact) mass is 369 g/mol. The summed E-state index contributed by atoms with van der Waals surface area (Å²) < 4.78 is 5.49. The van der Waals surface area contributed by atoms with Crippen LogP contribution in [-0.4, -0.2) is 52.2 Å². The zero-order valence-corrected chi connectivity index (χ0v) is 15.8. The molecule has 1 N–H and O–H groups in total. The number of oxime groups is 1. The van der Waals surface area contributed by atoms with Crippen LogP contribution in [0, 0.1) is 0 Å². The van der Waals surface area contributed by atoms with E-state index in [0.717, 1.165) is 68.0 Å². The smallest absolute Gasteiger partial charge is 0.145 e. The van der Waals surface area contributed by atoms with Crippen molar-refractivity contribution in [3.8, 4) is 11.3 Å². The molecule has 144 valence electrons. The molecule has 1 unspecified atom stereocenters. The molecule has 3 heterocycles. The van der Waals surface area contributed by atoms with Gasteiger partial charge in [0.1, 0.15) is 17.6 Å². The molecule has 1 atom stereocenters. The molecule has 27 heavy (non-hydrogen) atoms. The summed E-state index contributed by atoms with van der Waals surface area (Å²) in [6, 6.07) is 11.9. The Kier molecular flexibility index (Phi) is 5.27. The highest BCUT2D eigenvalue weighted by atomic mass is 16.6. The SMILES string of the molecule is CCC1=NOC(CN2CCC(O)(Cc3cc(-c4ccccc4)no3)CC2)C1. The molecule has 0 bridgehead atoms. The molecule has 0 amide bonds. The number of rotatable bonds is 6. The molecule has 1 saturated heterocycles. The molecule has 2 aliphatic rings. The van der Waals surface area contributed by atoms with Crippen molar-refractivity contribution in [2.45, 2.75) is 50.7 Å². The molecule has 0 spiro atoms. The Morgan fingerprint density at radius 2 is 2.00 bits per heavy atom. The first-order chi connectivity index (χ1) is 13.1. The number of benzene rings is 1. The van der Waals surface area contributed by atoms with E-state index in [1.807, 2.05) is 36.4 Å². The van der Waals surface area contributed by atoms with Gasteiger partial charge in [-0.25, -0.2) is 0 Å². The predicted molar refractivity (Wildman–Crippen MR) is 103 cm³/mol. The standard InChI is InChI=1S/C21H27N3O3/c1-2-17-12-19(27-22-17)15-24-10-8-21(25,9-11-24)14-18-13-20(23-26-18)16-6-4-3-5-7-16/h3-7,13,19,25H,2,8-12,14-15H2,1H3. The maximum Gasteiger partial charge on any atom is 0.145 e. The Hall–Kier alpha value is -2.18. The maximum absolute atomic E-state index is 11.0. The van der Waals surface area contributed by atoms with Crippen LogP contribution in [-0.2, 0) is 11.3 Å². The van der Waals surface area contributed by atoms with Crippen molar-refractivity contribution in [3.05, 3.63) is 42.2 Å². The van der Waals surface area contributed by atoms with E-state index < -0.39 is 5.60 Å². The van der Waals surface area contributed by atoms with Crippen molar-refractivity contribution in [1.82, 2.24) is 10.1 Å². The summed E-state index contributed by atoms with van der Waals surface area (Å²) in [7, 11) is 0. The highest BCUT2D eigenvalue weighted by molar-refractivity contribution is 5.85. The molecule has 0 saturated carbocycles. The minimum Gasteiger partial charge on any atom is -0.391 e. The van der Waals surface area contributed by atoms with Crippen LogP contribution in [0.2, 0.25) is 0 Å². The average Bonchev–Trinajstić information content (AvgIpc) is 3.34. The van der Waals surface area contributed by atoms with Gasteiger partial charge in [-0.05, 0) is 19.3 Å². The third-order valence-corrected chi connectivity index (χ3v) is 5.58. The van der Waals surface area contributed by atoms with Gasteiger partial charge in [0.25, 0.3) is 0 Å². The van der Waals surface area contributed by atoms with Crippen molar-refractivity contribution in [2.24, 2.45) is 5.16 Å². The molecule has 0 radical (unpaired) electrons. The minimum absolute atomic E-state index is 0.161. The quantitative estimate of drug-likeness (QED) is 0.846. The van der Waals surface area contributed by atoms with Gasteiger partial charge in [-0.15, -0.1) is 0 Å². The van der Waals surface area contributed by atoms with Crippen LogP contribution in [0.4, 0.5) is 0 Å². The van der Waals surface area contributed by atoms with Crippen LogP contribution in [0.5, 0.6) is 0 Å². The van der Waals surface area contributed by atoms with Crippen molar-refractivity contribution < 1.29 is 14.5 Å². The molecule has 4 rings (SSSR count). The van der Waals surface area contributed by atoms with Gasteiger partial charge < -0.3 is 14.5 Å². The van der Waals surface area contributed by atoms with Gasteiger partial charge in [0.2, 0.25) is 0 Å². The van der Waals surface area contributed by atoms with Gasteiger partial charge in [0.15, 0.2) is 0 Å². The van der Waals surface area contributed by atoms with Crippen LogP contribution in [0.1, 0.15) is 38.4 Å². The Labute approximate surface area is 159 Å². The zero-order chi connectivity index (χ0) is 18.7. The van der Waals surface area contributed by atoms with E-state index in [1.54, 1.807) is 0 Å². The van der Waals surface area contributed by atoms with E-state index in [1.165, 1.54) is 0 Å². The second kappa shape index (κ2) is 7.82. The lowest BCUT2D eigenvalue weighted by Gasteiger charge is -2.38. The first-order valence-electron chi connectivity index (χ1n) is 9.81. The molecule has 2 aromatic rings. The number of piperidine rings is 1. The number of hydrogen-bond acceptors (Lipinski definition) is 6. The molecule has 2 aliphatic heterocycles. The van der Waals surface area contributed by atoms with Gasteiger partial charge in [0.05, 0.1) is 11.3 Å². The lowest BCUT2D eigenvalue weighted by atomic mass is 9.87. The van der Waals surface area contributed by atoms with E-state index in [9.17, 15) is 5.11 Å². The summed E-state index contributed by atoms with van der Waals surface area (Å²) in [4.78, 5) is 7.88. The Morgan fingerprint density at radius 1 is 1.22 bits per heavy atom. The van der Waals surface area contributed by atoms with Crippen LogP contribution in [0.25, 0.3) is 11.3 Å². The number of nitrogens with zero attached hydrogens (tertiary/aromatic N) is 3. The third kappa shape index (κ3) is 4.39. The normalized spacial score (nSPS) is 22.4. The van der Waals surface area contributed by atoms with Gasteiger partial charge in [-0.2, -0.15) is 0 Å². The van der Waals surface area contributed by atoms with Crippen molar-refractivity contribution in [2.75, 3.05) is 19.6 Å². The Balaban J connectivity index is 1.29. The van der Waals surface area contributed by atoms with Crippen molar-refractivity contribution in [1.29, 1.82) is 0 Å². The molecular formula is C21H27N3O3. The number of likely N-dealkylation sites (tertiary alicyclic amines) is 1. The topological polar surface area (TPSA) is 71.1 Å². The molecule has 1 aromatic heterocycles. The van der Waals surface area contributed by atoms with Gasteiger partial charge in [0, 0.05) is 44.1 Å². The number of hydrogen-bond donors (Lipinski definition) is 1. The van der Waals surface area contributed by atoms with E-state index >= 15 is 0 Å². The fourth-order valence-corrected chi connectivity index (χ4v) is 3.88. The fourth-order valence-electron chi connectivity index (χ4n) is 3.88. The summed E-state index contributed by atoms with van der Waals surface area (Å²) in [6.45, 7) is 4.71. The predicted octanol–water partition coefficient (Wildman–Crippen LogP) is 3.27. The highest BCUT2D eigenvalue weighted by Crippen LogP contribution is 2.29. The summed E-state index contributed by atoms with van der Waals surface area (Å²) >= 11 is 0. The molecule has 6 nitrogen and oxygen atoms in total. The average molecular weight is 369 g/mol. The van der Waals surface area contributed by atoms with E-state index in [0.29, 0.717) is 6.42 Å². The van der Waals surface area contributed by atoms with E-state index in [-0.39, 0.29) is 6.10 Å². The first kappa shape index (κ1) is 18.2. The molecular weight excluding hydrogens is 342 g/mol. The van der Waals surface area contributed by atoms with Crippen molar-refractivity contribution in [3.63, 3.8) is 0 Å². The van der Waals surface area contributed by atoms with Crippen LogP contribution in [0.3, 0.4) is 0 Å². The summed E-state index contributed by atoms with van der Waals surface area (Å²) in [5.41, 5.74) is 2.26. The molecule has 1 aromatic carbocycles. The van der Waals surface area contributed by atoms with Gasteiger partial charge in [-0.1, -0.05) is 47.6 Å². The van der Waals surface area contributed by atoms with E-state index in [4.69, 9.17) is 9.36 Å². The van der Waals surface area contributed by atoms with Crippen LogP contribution >= 0.6 is 0 Å². The first-order valence-corrected chi connectivity index (χ1v) is 9.81. The van der Waals surface area contributed by atoms with Crippen molar-refractivity contribution >= 4 is 5.71 Å². The lowest BCUT2D eigenvalue weighted by molar-refractivity contribution is -0.0372. The second-order valence-corrected chi connectivity index (χ2v) is 7.69. The molecule has 6 heteroatoms. The summed E-state index contributed by atoms with van der Waals surface area (Å²) in [6.07, 6.45) is 4.00. The largest absolute Gasteiger partial charge is 0.391 e.